The van der Waals surface area contributed by atoms with Crippen molar-refractivity contribution in [1.29, 1.82) is 0 Å². The third-order valence-electron chi connectivity index (χ3n) is 2.69. The van der Waals surface area contributed by atoms with Crippen LogP contribution in [0.3, 0.4) is 0 Å². The maximum absolute atomic E-state index is 11.2. The summed E-state index contributed by atoms with van der Waals surface area (Å²) in [6.07, 6.45) is -3.44. The smallest absolute Gasteiger partial charge is 0.339 e. The summed E-state index contributed by atoms with van der Waals surface area (Å²) in [7, 11) is -15.1. The van der Waals surface area contributed by atoms with E-state index in [0.717, 1.165) is 4.90 Å². The van der Waals surface area contributed by atoms with E-state index in [-0.39, 0.29) is 19.4 Å². The summed E-state index contributed by atoms with van der Waals surface area (Å²) in [5, 5.41) is 18.2. The van der Waals surface area contributed by atoms with Crippen LogP contribution in [0.5, 0.6) is 0 Å². The second kappa shape index (κ2) is 10.9. The average molecular weight is 448 g/mol. The van der Waals surface area contributed by atoms with Crippen LogP contribution in [-0.2, 0) is 13.7 Å². The van der Waals surface area contributed by atoms with Crippen molar-refractivity contribution in [2.24, 2.45) is 0 Å². The summed E-state index contributed by atoms with van der Waals surface area (Å²) < 4.78 is 33.3. The molecule has 25 heavy (non-hydrogen) atoms. The molecule has 152 valence electrons. The second-order valence-electron chi connectivity index (χ2n) is 5.30. The van der Waals surface area contributed by atoms with E-state index in [1.54, 1.807) is 0 Å². The summed E-state index contributed by atoms with van der Waals surface area (Å²) in [6, 6.07) is 0. The minimum Gasteiger partial charge on any atom is -0.392 e. The zero-order valence-electron chi connectivity index (χ0n) is 13.1. The molecule has 0 heterocycles. The fraction of sp³-hybridized carbons (Fsp3) is 1.00. The van der Waals surface area contributed by atoms with E-state index in [1.807, 2.05) is 0 Å². The third-order valence-corrected chi connectivity index (χ3v) is 6.59. The van der Waals surface area contributed by atoms with Gasteiger partial charge in [-0.25, -0.2) is 0 Å². The van der Waals surface area contributed by atoms with E-state index in [4.69, 9.17) is 39.6 Å². The van der Waals surface area contributed by atoms with Gasteiger partial charge in [0.15, 0.2) is 0 Å². The first-order chi connectivity index (χ1) is 11.1. The van der Waals surface area contributed by atoms with Crippen LogP contribution in [0.25, 0.3) is 0 Å². The minimum atomic E-state index is -4.61. The summed E-state index contributed by atoms with van der Waals surface area (Å²) >= 11 is 0. The van der Waals surface area contributed by atoms with E-state index in [9.17, 15) is 13.7 Å². The van der Waals surface area contributed by atoms with Gasteiger partial charge in [-0.1, -0.05) is 0 Å². The van der Waals surface area contributed by atoms with Gasteiger partial charge in [-0.3, -0.25) is 23.5 Å². The number of hydrogen-bond acceptors (Lipinski definition) is 7. The molecule has 0 aromatic rings. The Balaban J connectivity index is 5.04. The third kappa shape index (κ3) is 15.5. The molecule has 8 N–H and O–H groups in total. The molecule has 0 aliphatic rings. The van der Waals surface area contributed by atoms with Gasteiger partial charge in [0, 0.05) is 19.4 Å². The van der Waals surface area contributed by atoms with Gasteiger partial charge >= 0.3 is 22.8 Å². The summed E-state index contributed by atoms with van der Waals surface area (Å²) in [5.74, 6) is 0. The monoisotopic (exact) mass is 448 g/mol. The molecule has 0 saturated heterocycles. The van der Waals surface area contributed by atoms with Gasteiger partial charge in [0.05, 0.1) is 12.7 Å². The number of aliphatic hydroxyl groups is 2. The zero-order valence-corrected chi connectivity index (χ0v) is 16.7. The largest absolute Gasteiger partial charge is 0.392 e. The van der Waals surface area contributed by atoms with Crippen molar-refractivity contribution in [3.05, 3.63) is 0 Å². The fourth-order valence-corrected chi connectivity index (χ4v) is 5.53. The average Bonchev–Trinajstić information content (AvgIpc) is 2.36. The molecule has 0 radical (unpaired) electrons. The molecule has 0 saturated carbocycles. The van der Waals surface area contributed by atoms with Crippen LogP contribution in [0.1, 0.15) is 0 Å². The van der Waals surface area contributed by atoms with Crippen LogP contribution in [0.4, 0.5) is 0 Å². The van der Waals surface area contributed by atoms with Gasteiger partial charge in [-0.05, 0) is 7.92 Å². The van der Waals surface area contributed by atoms with E-state index < -0.39 is 62.3 Å². The van der Waals surface area contributed by atoms with Crippen LogP contribution in [0, 0.1) is 0 Å². The molecule has 0 rings (SSSR count). The lowest BCUT2D eigenvalue weighted by Crippen LogP contribution is -2.37. The molecule has 0 unspecified atom stereocenters. The van der Waals surface area contributed by atoms with Gasteiger partial charge in [0.2, 0.25) is 0 Å². The Morgan fingerprint density at radius 1 is 0.640 bits per heavy atom. The first-order valence-corrected chi connectivity index (χ1v) is 14.0. The van der Waals surface area contributed by atoms with Crippen molar-refractivity contribution < 1.29 is 53.3 Å². The molecule has 0 aliphatic carbocycles. The van der Waals surface area contributed by atoms with Crippen molar-refractivity contribution >= 4 is 30.7 Å². The van der Waals surface area contributed by atoms with Gasteiger partial charge in [-0.15, -0.1) is 0 Å². The second-order valence-corrected chi connectivity index (χ2v) is 12.3. The van der Waals surface area contributed by atoms with E-state index in [0.29, 0.717) is 0 Å². The molecular formula is C8H24N2O11P4. The minimum absolute atomic E-state index is 0.0624. The fourth-order valence-electron chi connectivity index (χ4n) is 1.85. The normalized spacial score (nSPS) is 14.0. The van der Waals surface area contributed by atoms with Crippen molar-refractivity contribution in [2.45, 2.75) is 0 Å². The molecule has 0 bridgehead atoms. The lowest BCUT2D eigenvalue weighted by Gasteiger charge is -2.29. The predicted octanol–water partition coefficient (Wildman–Crippen LogP) is -1.67. The van der Waals surface area contributed by atoms with Crippen molar-refractivity contribution in [1.82, 2.24) is 9.80 Å². The lowest BCUT2D eigenvalue weighted by molar-refractivity contribution is 0.235. The van der Waals surface area contributed by atoms with Gasteiger partial charge < -0.3 is 39.6 Å². The Hall–Kier alpha value is 0.720. The van der Waals surface area contributed by atoms with Crippen LogP contribution in [-0.4, -0.2) is 100 Å². The van der Waals surface area contributed by atoms with Crippen molar-refractivity contribution in [3.8, 4) is 0 Å². The lowest BCUT2D eigenvalue weighted by atomic mass is 10.5. The van der Waals surface area contributed by atoms with Gasteiger partial charge in [0.1, 0.15) is 18.9 Å². The van der Waals surface area contributed by atoms with E-state index in [2.05, 4.69) is 0 Å². The van der Waals surface area contributed by atoms with E-state index in [1.165, 1.54) is 4.90 Å². The molecular weight excluding hydrogens is 424 g/mol. The Labute approximate surface area is 145 Å². The number of hydrogen-bond donors (Lipinski definition) is 8. The van der Waals surface area contributed by atoms with Crippen LogP contribution < -0.4 is 0 Å². The van der Waals surface area contributed by atoms with Crippen LogP contribution in [0.15, 0.2) is 0 Å². The van der Waals surface area contributed by atoms with Gasteiger partial charge in [-0.2, -0.15) is 0 Å². The molecule has 0 atom stereocenters. The molecule has 0 spiro atoms. The highest BCUT2D eigenvalue weighted by atomic mass is 31.2. The molecule has 17 heteroatoms. The maximum atomic E-state index is 11.2. The Morgan fingerprint density at radius 3 is 1.28 bits per heavy atom. The molecule has 0 aromatic heterocycles. The number of nitrogens with zero attached hydrogens (tertiary/aromatic N) is 2. The van der Waals surface area contributed by atoms with Crippen molar-refractivity contribution in [2.75, 3.05) is 50.9 Å². The molecule has 13 nitrogen and oxygen atoms in total. The van der Waals surface area contributed by atoms with E-state index >= 15 is 0 Å². The maximum Gasteiger partial charge on any atom is 0.339 e. The molecule has 0 amide bonds. The van der Waals surface area contributed by atoms with Crippen molar-refractivity contribution in [3.63, 3.8) is 0 Å². The SMILES string of the molecule is O=P(O)(O)CN(CCN(CP(=O)(O)O)CP(=O)(O)O)CP(CO)CO. The predicted molar refractivity (Wildman–Crippen MR) is 90.1 cm³/mol. The summed E-state index contributed by atoms with van der Waals surface area (Å²) in [6.45, 7) is -0.486. The standard InChI is InChI=1S/C8H24N2O11P4/c11-7-22(8-12)3-9(4-23(13,14)15)1-2-10(5-24(16,17)18)6-25(19,20)21/h11-12H,1-8H2,(H2,13,14,15)(H2,16,17,18)(H2,19,20,21). The van der Waals surface area contributed by atoms with Gasteiger partial charge in [0.25, 0.3) is 0 Å². The quantitative estimate of drug-likeness (QED) is 0.148. The Kier molecular flexibility index (Phi) is 11.2. The summed E-state index contributed by atoms with van der Waals surface area (Å²) in [5.41, 5.74) is 0. The first-order valence-electron chi connectivity index (χ1n) is 6.67. The molecule has 0 aliphatic heterocycles. The topological polar surface area (TPSA) is 220 Å². The Bertz CT molecular complexity index is 502. The first kappa shape index (κ1) is 25.7. The Morgan fingerprint density at radius 2 is 0.960 bits per heavy atom. The number of aliphatic hydroxyl groups excluding tert-OH is 2. The molecule has 0 aromatic carbocycles. The summed E-state index contributed by atoms with van der Waals surface area (Å²) in [4.78, 5) is 56.0. The van der Waals surface area contributed by atoms with Crippen LogP contribution in [0.2, 0.25) is 0 Å². The number of rotatable bonds is 13. The van der Waals surface area contributed by atoms with Crippen LogP contribution >= 0.6 is 30.7 Å². The zero-order chi connectivity index (χ0) is 19.9. The highest BCUT2D eigenvalue weighted by Gasteiger charge is 2.27. The highest BCUT2D eigenvalue weighted by molar-refractivity contribution is 7.57. The highest BCUT2D eigenvalue weighted by Crippen LogP contribution is 2.42. The molecule has 0 fully saturated rings.